The summed E-state index contributed by atoms with van der Waals surface area (Å²) in [5.74, 6) is 2.59. The van der Waals surface area contributed by atoms with Gasteiger partial charge in [-0.25, -0.2) is 0 Å². The molecule has 0 spiro atoms. The number of halogens is 1. The van der Waals surface area contributed by atoms with Gasteiger partial charge in [-0.3, -0.25) is 4.99 Å². The van der Waals surface area contributed by atoms with Gasteiger partial charge in [-0.15, -0.1) is 24.0 Å². The standard InChI is InChI=1S/C24H33N3O2.HI/c1-25-24(27(2)16-12-20-13-17-28-18-14-20)26-15-19-29-23-11-7-6-10-22(23)21-8-4-3-5-9-21;/h3-11,20H,12-19H2,1-2H3,(H,25,26);1H. The van der Waals surface area contributed by atoms with Crippen LogP contribution in [0.2, 0.25) is 0 Å². The van der Waals surface area contributed by atoms with Gasteiger partial charge in [0.05, 0.1) is 6.54 Å². The molecule has 0 atom stereocenters. The molecule has 30 heavy (non-hydrogen) atoms. The number of benzene rings is 2. The third-order valence-electron chi connectivity index (χ3n) is 5.40. The van der Waals surface area contributed by atoms with Crippen molar-refractivity contribution >= 4 is 29.9 Å². The van der Waals surface area contributed by atoms with E-state index in [0.29, 0.717) is 13.2 Å². The predicted octanol–water partition coefficient (Wildman–Crippen LogP) is 4.67. The van der Waals surface area contributed by atoms with Crippen LogP contribution in [0.1, 0.15) is 19.3 Å². The average Bonchev–Trinajstić information content (AvgIpc) is 2.79. The summed E-state index contributed by atoms with van der Waals surface area (Å²) in [5.41, 5.74) is 2.28. The largest absolute Gasteiger partial charge is 0.491 e. The van der Waals surface area contributed by atoms with E-state index in [1.807, 2.05) is 43.4 Å². The topological polar surface area (TPSA) is 46.1 Å². The van der Waals surface area contributed by atoms with E-state index in [1.54, 1.807) is 0 Å². The van der Waals surface area contributed by atoms with E-state index < -0.39 is 0 Å². The molecule has 0 aromatic heterocycles. The van der Waals surface area contributed by atoms with Crippen molar-refractivity contribution in [3.05, 3.63) is 54.6 Å². The number of hydrogen-bond donors (Lipinski definition) is 1. The van der Waals surface area contributed by atoms with Gasteiger partial charge < -0.3 is 19.7 Å². The van der Waals surface area contributed by atoms with Gasteiger partial charge >= 0.3 is 0 Å². The highest BCUT2D eigenvalue weighted by Crippen LogP contribution is 2.29. The Balaban J connectivity index is 0.00000320. The van der Waals surface area contributed by atoms with Crippen LogP contribution in [0, 0.1) is 5.92 Å². The summed E-state index contributed by atoms with van der Waals surface area (Å²) < 4.78 is 11.5. The van der Waals surface area contributed by atoms with Gasteiger partial charge in [-0.05, 0) is 36.8 Å². The molecule has 1 fully saturated rings. The molecule has 0 aliphatic carbocycles. The van der Waals surface area contributed by atoms with Crippen molar-refractivity contribution in [2.45, 2.75) is 19.3 Å². The second-order valence-electron chi connectivity index (χ2n) is 7.45. The molecule has 1 aliphatic heterocycles. The third-order valence-corrected chi connectivity index (χ3v) is 5.40. The van der Waals surface area contributed by atoms with Crippen LogP contribution in [-0.2, 0) is 4.74 Å². The summed E-state index contributed by atoms with van der Waals surface area (Å²) in [5, 5.41) is 3.41. The predicted molar refractivity (Wildman–Crippen MR) is 135 cm³/mol. The lowest BCUT2D eigenvalue weighted by molar-refractivity contribution is 0.0625. The van der Waals surface area contributed by atoms with Crippen molar-refractivity contribution < 1.29 is 9.47 Å². The number of rotatable bonds is 8. The van der Waals surface area contributed by atoms with E-state index in [2.05, 4.69) is 40.5 Å². The Morgan fingerprint density at radius 1 is 1.10 bits per heavy atom. The third kappa shape index (κ3) is 7.47. The Hall–Kier alpha value is -1.80. The van der Waals surface area contributed by atoms with Gasteiger partial charge in [0.25, 0.3) is 0 Å². The monoisotopic (exact) mass is 523 g/mol. The van der Waals surface area contributed by atoms with Crippen molar-refractivity contribution in [2.75, 3.05) is 47.0 Å². The lowest BCUT2D eigenvalue weighted by atomic mass is 9.96. The van der Waals surface area contributed by atoms with Gasteiger partial charge in [0.1, 0.15) is 12.4 Å². The average molecular weight is 523 g/mol. The maximum absolute atomic E-state index is 6.07. The fourth-order valence-electron chi connectivity index (χ4n) is 3.67. The Kier molecular flexibility index (Phi) is 11.0. The number of aliphatic imine (C=N–C) groups is 1. The van der Waals surface area contributed by atoms with Crippen LogP contribution in [0.15, 0.2) is 59.6 Å². The first-order valence-corrected chi connectivity index (χ1v) is 10.5. The highest BCUT2D eigenvalue weighted by molar-refractivity contribution is 14.0. The molecule has 164 valence electrons. The minimum atomic E-state index is 0. The highest BCUT2D eigenvalue weighted by Gasteiger charge is 2.15. The van der Waals surface area contributed by atoms with Crippen molar-refractivity contribution in [1.29, 1.82) is 0 Å². The first kappa shape index (κ1) is 24.5. The van der Waals surface area contributed by atoms with Gasteiger partial charge in [0, 0.05) is 39.4 Å². The minimum Gasteiger partial charge on any atom is -0.491 e. The molecule has 2 aromatic carbocycles. The van der Waals surface area contributed by atoms with Crippen molar-refractivity contribution in [1.82, 2.24) is 10.2 Å². The van der Waals surface area contributed by atoms with Gasteiger partial charge in [-0.1, -0.05) is 48.5 Å². The molecule has 1 heterocycles. The second-order valence-corrected chi connectivity index (χ2v) is 7.45. The zero-order chi connectivity index (χ0) is 20.3. The summed E-state index contributed by atoms with van der Waals surface area (Å²) in [6.07, 6.45) is 3.53. The van der Waals surface area contributed by atoms with Crippen LogP contribution in [0.3, 0.4) is 0 Å². The summed E-state index contributed by atoms with van der Waals surface area (Å²) in [6, 6.07) is 18.5. The molecule has 2 aromatic rings. The molecule has 5 nitrogen and oxygen atoms in total. The summed E-state index contributed by atoms with van der Waals surface area (Å²) in [4.78, 5) is 6.61. The fraction of sp³-hybridized carbons (Fsp3) is 0.458. The maximum atomic E-state index is 6.07. The summed E-state index contributed by atoms with van der Waals surface area (Å²) in [7, 11) is 3.93. The number of ether oxygens (including phenoxy) is 2. The lowest BCUT2D eigenvalue weighted by Gasteiger charge is -2.26. The summed E-state index contributed by atoms with van der Waals surface area (Å²) >= 11 is 0. The Morgan fingerprint density at radius 3 is 2.53 bits per heavy atom. The molecular weight excluding hydrogens is 489 g/mol. The van der Waals surface area contributed by atoms with Crippen molar-refractivity contribution in [2.24, 2.45) is 10.9 Å². The normalized spacial score (nSPS) is 14.7. The molecule has 3 rings (SSSR count). The van der Waals surface area contributed by atoms with Gasteiger partial charge in [0.15, 0.2) is 5.96 Å². The second kappa shape index (κ2) is 13.5. The Morgan fingerprint density at radius 2 is 1.80 bits per heavy atom. The van der Waals surface area contributed by atoms with Crippen LogP contribution in [0.5, 0.6) is 5.75 Å². The molecule has 1 aliphatic rings. The molecule has 6 heteroatoms. The van der Waals surface area contributed by atoms with Crippen molar-refractivity contribution in [3.63, 3.8) is 0 Å². The van der Waals surface area contributed by atoms with Gasteiger partial charge in [-0.2, -0.15) is 0 Å². The van der Waals surface area contributed by atoms with E-state index in [-0.39, 0.29) is 24.0 Å². The fourth-order valence-corrected chi connectivity index (χ4v) is 3.67. The molecule has 0 amide bonds. The molecule has 1 N–H and O–H groups in total. The van der Waals surface area contributed by atoms with Crippen LogP contribution in [0.4, 0.5) is 0 Å². The number of nitrogens with one attached hydrogen (secondary N) is 1. The number of hydrogen-bond acceptors (Lipinski definition) is 3. The SMILES string of the molecule is CN=C(NCCOc1ccccc1-c1ccccc1)N(C)CCC1CCOCC1.I. The van der Waals surface area contributed by atoms with Crippen LogP contribution < -0.4 is 10.1 Å². The van der Waals surface area contributed by atoms with Gasteiger partial charge in [0.2, 0.25) is 0 Å². The minimum absolute atomic E-state index is 0. The lowest BCUT2D eigenvalue weighted by Crippen LogP contribution is -2.41. The zero-order valence-electron chi connectivity index (χ0n) is 18.0. The smallest absolute Gasteiger partial charge is 0.193 e. The summed E-state index contributed by atoms with van der Waals surface area (Å²) in [6.45, 7) is 4.10. The molecule has 0 bridgehead atoms. The molecule has 0 unspecified atom stereocenters. The quantitative estimate of drug-likeness (QED) is 0.237. The van der Waals surface area contributed by atoms with E-state index in [0.717, 1.165) is 42.9 Å². The Bertz CT molecular complexity index is 764. The zero-order valence-corrected chi connectivity index (χ0v) is 20.4. The van der Waals surface area contributed by atoms with E-state index in [4.69, 9.17) is 9.47 Å². The first-order chi connectivity index (χ1) is 14.3. The van der Waals surface area contributed by atoms with E-state index >= 15 is 0 Å². The molecule has 1 saturated heterocycles. The molecule has 0 radical (unpaired) electrons. The number of guanidine groups is 1. The Labute approximate surface area is 197 Å². The highest BCUT2D eigenvalue weighted by atomic mass is 127. The number of nitrogens with zero attached hydrogens (tertiary/aromatic N) is 2. The first-order valence-electron chi connectivity index (χ1n) is 10.5. The van der Waals surface area contributed by atoms with Crippen LogP contribution in [0.25, 0.3) is 11.1 Å². The molecular formula is C24H34IN3O2. The molecule has 0 saturated carbocycles. The van der Waals surface area contributed by atoms with Crippen LogP contribution in [-0.4, -0.2) is 57.9 Å². The van der Waals surface area contributed by atoms with E-state index in [9.17, 15) is 0 Å². The van der Waals surface area contributed by atoms with Crippen molar-refractivity contribution in [3.8, 4) is 16.9 Å². The van der Waals surface area contributed by atoms with E-state index in [1.165, 1.54) is 24.8 Å². The van der Waals surface area contributed by atoms with Crippen LogP contribution >= 0.6 is 24.0 Å². The number of para-hydroxylation sites is 1. The maximum Gasteiger partial charge on any atom is 0.193 e.